The second-order valence-corrected chi connectivity index (χ2v) is 2.16. The van der Waals surface area contributed by atoms with E-state index in [-0.39, 0.29) is 0 Å². The molecule has 0 amide bonds. The summed E-state index contributed by atoms with van der Waals surface area (Å²) < 4.78 is 24.0. The van der Waals surface area contributed by atoms with Crippen molar-refractivity contribution in [1.82, 2.24) is 4.98 Å². The first-order valence-electron chi connectivity index (χ1n) is 3.14. The van der Waals surface area contributed by atoms with Crippen LogP contribution in [-0.4, -0.2) is 15.0 Å². The third-order valence-corrected chi connectivity index (χ3v) is 1.30. The molecule has 1 N–H and O–H groups in total. The largest absolute Gasteiger partial charge is 0.501 e. The molecule has 0 aliphatic heterocycles. The van der Waals surface area contributed by atoms with Crippen LogP contribution >= 0.6 is 0 Å². The van der Waals surface area contributed by atoms with Gasteiger partial charge in [-0.05, 0) is 0 Å². The first-order chi connectivity index (χ1) is 6.02. The van der Waals surface area contributed by atoms with Crippen molar-refractivity contribution < 1.29 is 18.8 Å². The molecule has 1 aromatic heterocycles. The highest BCUT2D eigenvalue weighted by Crippen LogP contribution is 2.28. The average molecular weight is 190 g/mol. The normalized spacial score (nSPS) is 10.4. The fourth-order valence-electron chi connectivity index (χ4n) is 0.719. The molecule has 0 atom stereocenters. The molecule has 0 bridgehead atoms. The summed E-state index contributed by atoms with van der Waals surface area (Å²) in [4.78, 5) is 12.3. The second kappa shape index (κ2) is 3.30. The minimum absolute atomic E-state index is 0.542. The number of hydrogen-bond donors (Lipinski definition) is 1. The molecule has 0 spiro atoms. The molecular formula is C6H4F2N2O3. The highest BCUT2D eigenvalue weighted by Gasteiger charge is 2.18. The van der Waals surface area contributed by atoms with E-state index in [2.05, 4.69) is 4.98 Å². The van der Waals surface area contributed by atoms with Crippen LogP contribution in [0.25, 0.3) is 0 Å². The van der Waals surface area contributed by atoms with Crippen LogP contribution < -0.4 is 0 Å². The van der Waals surface area contributed by atoms with E-state index in [1.54, 1.807) is 0 Å². The van der Waals surface area contributed by atoms with Crippen LogP contribution in [0.3, 0.4) is 0 Å². The van der Waals surface area contributed by atoms with E-state index < -0.39 is 28.5 Å². The van der Waals surface area contributed by atoms with Gasteiger partial charge in [-0.1, -0.05) is 0 Å². The smallest absolute Gasteiger partial charge is 0.314 e. The summed E-state index contributed by atoms with van der Waals surface area (Å²) in [5.74, 6) is -0.727. The average Bonchev–Trinajstić information content (AvgIpc) is 2.04. The van der Waals surface area contributed by atoms with Crippen molar-refractivity contribution in [3.63, 3.8) is 0 Å². The molecule has 0 unspecified atom stereocenters. The molecule has 0 aliphatic carbocycles. The van der Waals surface area contributed by atoms with E-state index in [4.69, 9.17) is 5.11 Å². The molecule has 5 nitrogen and oxygen atoms in total. The molecule has 1 aromatic rings. The first-order valence-corrected chi connectivity index (χ1v) is 3.14. The molecule has 0 radical (unpaired) electrons. The molecule has 0 fully saturated rings. The summed E-state index contributed by atoms with van der Waals surface area (Å²) in [5, 5.41) is 19.0. The molecule has 0 saturated heterocycles. The molecule has 0 aliphatic rings. The van der Waals surface area contributed by atoms with Crippen molar-refractivity contribution in [3.05, 3.63) is 28.1 Å². The Bertz CT molecular complexity index is 343. The lowest BCUT2D eigenvalue weighted by Gasteiger charge is -1.99. The van der Waals surface area contributed by atoms with Gasteiger partial charge < -0.3 is 5.11 Å². The van der Waals surface area contributed by atoms with Crippen molar-refractivity contribution in [2.45, 2.75) is 6.43 Å². The predicted octanol–water partition coefficient (Wildman–Crippen LogP) is 1.63. The van der Waals surface area contributed by atoms with Crippen LogP contribution in [0, 0.1) is 10.1 Å². The van der Waals surface area contributed by atoms with Gasteiger partial charge in [0.15, 0.2) is 0 Å². The van der Waals surface area contributed by atoms with Crippen LogP contribution in [0.1, 0.15) is 12.1 Å². The summed E-state index contributed by atoms with van der Waals surface area (Å²) in [5.41, 5.74) is -1.50. The van der Waals surface area contributed by atoms with E-state index in [9.17, 15) is 18.9 Å². The number of aromatic hydroxyl groups is 1. The monoisotopic (exact) mass is 190 g/mol. The van der Waals surface area contributed by atoms with Gasteiger partial charge in [-0.2, -0.15) is 0 Å². The highest BCUT2D eigenvalue weighted by molar-refractivity contribution is 5.44. The number of pyridine rings is 1. The number of rotatable bonds is 2. The summed E-state index contributed by atoms with van der Waals surface area (Å²) >= 11 is 0. The Balaban J connectivity index is 3.19. The van der Waals surface area contributed by atoms with Gasteiger partial charge in [0.1, 0.15) is 5.69 Å². The number of aromatic nitrogens is 1. The minimum Gasteiger partial charge on any atom is -0.501 e. The predicted molar refractivity (Wildman–Crippen MR) is 37.5 cm³/mol. The lowest BCUT2D eigenvalue weighted by Crippen LogP contribution is -1.94. The fraction of sp³-hybridized carbons (Fsp3) is 0.167. The molecule has 0 saturated carbocycles. The van der Waals surface area contributed by atoms with E-state index in [0.29, 0.717) is 12.3 Å². The summed E-state index contributed by atoms with van der Waals surface area (Å²) in [6.45, 7) is 0. The van der Waals surface area contributed by atoms with Crippen molar-refractivity contribution in [3.8, 4) is 5.75 Å². The van der Waals surface area contributed by atoms with Crippen LogP contribution in [-0.2, 0) is 0 Å². The Morgan fingerprint density at radius 3 is 2.69 bits per heavy atom. The maximum Gasteiger partial charge on any atom is 0.314 e. The van der Waals surface area contributed by atoms with Gasteiger partial charge in [0.05, 0.1) is 11.1 Å². The quantitative estimate of drug-likeness (QED) is 0.567. The SMILES string of the molecule is O=[N+]([O-])c1cc(C(F)F)ncc1O. The maximum absolute atomic E-state index is 12.0. The highest BCUT2D eigenvalue weighted by atomic mass is 19.3. The van der Waals surface area contributed by atoms with Gasteiger partial charge in [-0.25, -0.2) is 8.78 Å². The van der Waals surface area contributed by atoms with Gasteiger partial charge >= 0.3 is 5.69 Å². The molecule has 70 valence electrons. The maximum atomic E-state index is 12.0. The summed E-state index contributed by atoms with van der Waals surface area (Å²) in [7, 11) is 0. The fourth-order valence-corrected chi connectivity index (χ4v) is 0.719. The van der Waals surface area contributed by atoms with Crippen LogP contribution in [0.15, 0.2) is 12.3 Å². The molecular weight excluding hydrogens is 186 g/mol. The minimum atomic E-state index is -2.89. The van der Waals surface area contributed by atoms with Crippen molar-refractivity contribution in [2.24, 2.45) is 0 Å². The standard InChI is InChI=1S/C6H4F2N2O3/c7-6(8)3-1-4(10(12)13)5(11)2-9-3/h1-2,6,11H. The van der Waals surface area contributed by atoms with Gasteiger partial charge in [0.2, 0.25) is 5.75 Å². The molecule has 1 rings (SSSR count). The zero-order valence-corrected chi connectivity index (χ0v) is 6.15. The van der Waals surface area contributed by atoms with Gasteiger partial charge in [0.25, 0.3) is 6.43 Å². The Morgan fingerprint density at radius 1 is 1.62 bits per heavy atom. The molecule has 7 heteroatoms. The number of nitrogens with zero attached hydrogens (tertiary/aromatic N) is 2. The van der Waals surface area contributed by atoms with Crippen molar-refractivity contribution >= 4 is 5.69 Å². The molecule has 13 heavy (non-hydrogen) atoms. The third-order valence-electron chi connectivity index (χ3n) is 1.30. The van der Waals surface area contributed by atoms with Crippen LogP contribution in [0.5, 0.6) is 5.75 Å². The van der Waals surface area contributed by atoms with Gasteiger partial charge in [0, 0.05) is 6.07 Å². The van der Waals surface area contributed by atoms with E-state index in [0.717, 1.165) is 0 Å². The second-order valence-electron chi connectivity index (χ2n) is 2.16. The number of alkyl halides is 2. The van der Waals surface area contributed by atoms with E-state index in [1.807, 2.05) is 0 Å². The lowest BCUT2D eigenvalue weighted by molar-refractivity contribution is -0.386. The van der Waals surface area contributed by atoms with E-state index in [1.165, 1.54) is 0 Å². The molecule has 1 heterocycles. The number of halogens is 2. The third kappa shape index (κ3) is 1.86. The van der Waals surface area contributed by atoms with Crippen LogP contribution in [0.2, 0.25) is 0 Å². The number of nitro groups is 1. The Labute approximate surface area is 70.8 Å². The first kappa shape index (κ1) is 9.30. The van der Waals surface area contributed by atoms with Crippen LogP contribution in [0.4, 0.5) is 14.5 Å². The Hall–Kier alpha value is -1.79. The van der Waals surface area contributed by atoms with Crippen molar-refractivity contribution in [2.75, 3.05) is 0 Å². The number of hydrogen-bond acceptors (Lipinski definition) is 4. The van der Waals surface area contributed by atoms with Gasteiger partial charge in [-0.15, -0.1) is 0 Å². The molecule has 0 aromatic carbocycles. The summed E-state index contributed by atoms with van der Waals surface area (Å²) in [6.07, 6.45) is -2.26. The topological polar surface area (TPSA) is 76.3 Å². The lowest BCUT2D eigenvalue weighted by atomic mass is 10.3. The zero-order valence-electron chi connectivity index (χ0n) is 6.15. The Morgan fingerprint density at radius 2 is 2.23 bits per heavy atom. The van der Waals surface area contributed by atoms with Gasteiger partial charge in [-0.3, -0.25) is 15.1 Å². The zero-order chi connectivity index (χ0) is 10.0. The Kier molecular flexibility index (Phi) is 2.36. The summed E-state index contributed by atoms with van der Waals surface area (Å²) in [6, 6.07) is 0.542. The van der Waals surface area contributed by atoms with E-state index >= 15 is 0 Å². The van der Waals surface area contributed by atoms with Crippen molar-refractivity contribution in [1.29, 1.82) is 0 Å².